The van der Waals surface area contributed by atoms with Crippen LogP contribution < -0.4 is 5.73 Å². The predicted octanol–water partition coefficient (Wildman–Crippen LogP) is 4.81. The number of hydrogen-bond acceptors (Lipinski definition) is 5. The van der Waals surface area contributed by atoms with Gasteiger partial charge in [-0.1, -0.05) is 18.2 Å². The van der Waals surface area contributed by atoms with E-state index < -0.39 is 0 Å². The molecule has 3 heterocycles. The second kappa shape index (κ2) is 5.11. The molecule has 0 aliphatic carbocycles. The largest absolute Gasteiger partial charge is 0.397 e. The Hall–Kier alpha value is -1.85. The number of anilines is 1. The van der Waals surface area contributed by atoms with Crippen LogP contribution in [-0.2, 0) is 4.75 Å². The van der Waals surface area contributed by atoms with E-state index in [0.29, 0.717) is 5.69 Å². The number of rotatable bonds is 2. The third-order valence-electron chi connectivity index (χ3n) is 3.91. The van der Waals surface area contributed by atoms with Crippen molar-refractivity contribution >= 4 is 39.8 Å². The van der Waals surface area contributed by atoms with Crippen molar-refractivity contribution in [2.24, 2.45) is 0 Å². The maximum absolute atomic E-state index is 6.10. The molecule has 0 radical (unpaired) electrons. The second-order valence-electron chi connectivity index (χ2n) is 5.54. The number of thiophene rings is 1. The summed E-state index contributed by atoms with van der Waals surface area (Å²) in [6.45, 7) is 2.23. The number of nitrogens with two attached hydrogens (primary N) is 1. The molecule has 4 rings (SSSR count). The van der Waals surface area contributed by atoms with Crippen molar-refractivity contribution in [2.75, 3.05) is 5.73 Å². The lowest BCUT2D eigenvalue weighted by atomic mass is 9.99. The van der Waals surface area contributed by atoms with E-state index in [1.807, 2.05) is 36.0 Å². The molecule has 5 heteroatoms. The van der Waals surface area contributed by atoms with Gasteiger partial charge in [-0.3, -0.25) is 0 Å². The van der Waals surface area contributed by atoms with Crippen LogP contribution in [0.25, 0.3) is 21.6 Å². The summed E-state index contributed by atoms with van der Waals surface area (Å²) in [4.78, 5) is 11.0. The Morgan fingerprint density at radius 2 is 2.09 bits per heavy atom. The van der Waals surface area contributed by atoms with Crippen LogP contribution in [0.4, 0.5) is 5.69 Å². The average molecular weight is 325 g/mol. The van der Waals surface area contributed by atoms with Gasteiger partial charge in [0, 0.05) is 0 Å². The van der Waals surface area contributed by atoms with Crippen molar-refractivity contribution in [1.82, 2.24) is 9.97 Å². The number of benzene rings is 1. The lowest BCUT2D eigenvalue weighted by molar-refractivity contribution is 0.694. The molecule has 1 unspecified atom stereocenters. The van der Waals surface area contributed by atoms with E-state index in [0.717, 1.165) is 33.7 Å². The van der Waals surface area contributed by atoms with Crippen LogP contribution in [0.2, 0.25) is 0 Å². The highest BCUT2D eigenvalue weighted by atomic mass is 32.2. The first-order valence-electron chi connectivity index (χ1n) is 7.11. The van der Waals surface area contributed by atoms with Crippen molar-refractivity contribution in [2.45, 2.75) is 18.1 Å². The molecule has 1 aliphatic rings. The number of hydrogen-bond donors (Lipinski definition) is 1. The summed E-state index contributed by atoms with van der Waals surface area (Å²) in [5.41, 5.74) is 10.4. The van der Waals surface area contributed by atoms with E-state index in [4.69, 9.17) is 15.7 Å². The Kier molecular flexibility index (Phi) is 3.20. The Labute approximate surface area is 137 Å². The van der Waals surface area contributed by atoms with Gasteiger partial charge in [-0.05, 0) is 42.3 Å². The summed E-state index contributed by atoms with van der Waals surface area (Å²) in [6, 6.07) is 9.94. The number of thioether (sulfide) groups is 1. The minimum Gasteiger partial charge on any atom is -0.397 e. The molecule has 1 aromatic carbocycles. The number of para-hydroxylation sites is 1. The smallest absolute Gasteiger partial charge is 0.112 e. The SMILES string of the molecule is CC1(c2nc3cccc(N)c3nc2-c2cccs2)CC=CS1. The van der Waals surface area contributed by atoms with Crippen LogP contribution in [0.3, 0.4) is 0 Å². The standard InChI is InChI=1S/C17H15N3S2/c1-17(8-4-10-22-17)16-15(13-7-3-9-21-13)20-14-11(18)5-2-6-12(14)19-16/h2-7,9-10H,8,18H2,1H3. The third-order valence-corrected chi connectivity index (χ3v) is 6.00. The highest BCUT2D eigenvalue weighted by molar-refractivity contribution is 8.03. The fourth-order valence-corrected chi connectivity index (χ4v) is 4.38. The van der Waals surface area contributed by atoms with Gasteiger partial charge < -0.3 is 5.73 Å². The monoisotopic (exact) mass is 325 g/mol. The number of aromatic nitrogens is 2. The van der Waals surface area contributed by atoms with Gasteiger partial charge in [0.15, 0.2) is 0 Å². The Morgan fingerprint density at radius 1 is 1.18 bits per heavy atom. The second-order valence-corrected chi connectivity index (χ2v) is 7.89. The van der Waals surface area contributed by atoms with Gasteiger partial charge in [-0.25, -0.2) is 9.97 Å². The molecule has 0 saturated carbocycles. The van der Waals surface area contributed by atoms with Crippen molar-refractivity contribution in [1.29, 1.82) is 0 Å². The molecule has 22 heavy (non-hydrogen) atoms. The summed E-state index contributed by atoms with van der Waals surface area (Å²) >= 11 is 3.50. The van der Waals surface area contributed by atoms with Gasteiger partial charge in [-0.15, -0.1) is 23.1 Å². The van der Waals surface area contributed by atoms with Crippen LogP contribution in [0, 0.1) is 0 Å². The molecular weight excluding hydrogens is 310 g/mol. The molecule has 3 nitrogen and oxygen atoms in total. The van der Waals surface area contributed by atoms with Crippen molar-refractivity contribution < 1.29 is 0 Å². The number of allylic oxidation sites excluding steroid dienone is 1. The fourth-order valence-electron chi connectivity index (χ4n) is 2.72. The van der Waals surface area contributed by atoms with Gasteiger partial charge in [-0.2, -0.15) is 0 Å². The molecule has 0 fully saturated rings. The summed E-state index contributed by atoms with van der Waals surface area (Å²) in [5.74, 6) is 0. The number of nitrogen functional groups attached to an aromatic ring is 1. The first-order chi connectivity index (χ1) is 10.7. The van der Waals surface area contributed by atoms with Crippen LogP contribution in [0.1, 0.15) is 19.0 Å². The number of nitrogens with zero attached hydrogens (tertiary/aromatic N) is 2. The summed E-state index contributed by atoms with van der Waals surface area (Å²) in [5, 5.41) is 4.23. The maximum atomic E-state index is 6.10. The third kappa shape index (κ3) is 2.12. The highest BCUT2D eigenvalue weighted by Crippen LogP contribution is 2.47. The Morgan fingerprint density at radius 3 is 2.82 bits per heavy atom. The zero-order chi connectivity index (χ0) is 15.2. The zero-order valence-corrected chi connectivity index (χ0v) is 13.7. The molecule has 0 amide bonds. The van der Waals surface area contributed by atoms with Gasteiger partial charge in [0.05, 0.1) is 26.5 Å². The quantitative estimate of drug-likeness (QED) is 0.687. The van der Waals surface area contributed by atoms with Crippen molar-refractivity contribution in [3.63, 3.8) is 0 Å². The molecule has 0 spiro atoms. The zero-order valence-electron chi connectivity index (χ0n) is 12.1. The van der Waals surface area contributed by atoms with Crippen molar-refractivity contribution in [3.8, 4) is 10.6 Å². The molecule has 3 aromatic rings. The maximum Gasteiger partial charge on any atom is 0.112 e. The van der Waals surface area contributed by atoms with E-state index in [1.165, 1.54) is 0 Å². The van der Waals surface area contributed by atoms with E-state index in [-0.39, 0.29) is 4.75 Å². The van der Waals surface area contributed by atoms with Gasteiger partial charge in [0.25, 0.3) is 0 Å². The fraction of sp³-hybridized carbons (Fsp3) is 0.176. The van der Waals surface area contributed by atoms with Crippen LogP contribution in [0.5, 0.6) is 0 Å². The summed E-state index contributed by atoms with van der Waals surface area (Å²) < 4.78 is -0.0644. The lowest BCUT2D eigenvalue weighted by Crippen LogP contribution is -2.18. The Balaban J connectivity index is 2.03. The topological polar surface area (TPSA) is 51.8 Å². The molecule has 2 aromatic heterocycles. The van der Waals surface area contributed by atoms with E-state index in [2.05, 4.69) is 29.9 Å². The van der Waals surface area contributed by atoms with Crippen LogP contribution in [-0.4, -0.2) is 9.97 Å². The van der Waals surface area contributed by atoms with E-state index in [1.54, 1.807) is 11.3 Å². The minimum atomic E-state index is -0.0644. The number of fused-ring (bicyclic) bond motifs is 1. The molecule has 1 aliphatic heterocycles. The van der Waals surface area contributed by atoms with Gasteiger partial charge in [0.2, 0.25) is 0 Å². The molecule has 1 atom stereocenters. The first kappa shape index (κ1) is 13.8. The molecule has 0 saturated heterocycles. The minimum absolute atomic E-state index is 0.0644. The molecule has 2 N–H and O–H groups in total. The molecular formula is C17H15N3S2. The lowest BCUT2D eigenvalue weighted by Gasteiger charge is -2.24. The van der Waals surface area contributed by atoms with Crippen LogP contribution in [0.15, 0.2) is 47.2 Å². The van der Waals surface area contributed by atoms with Crippen molar-refractivity contribution in [3.05, 3.63) is 52.9 Å². The van der Waals surface area contributed by atoms with Crippen LogP contribution >= 0.6 is 23.1 Å². The normalized spacial score (nSPS) is 20.8. The molecule has 0 bridgehead atoms. The summed E-state index contributed by atoms with van der Waals surface area (Å²) in [7, 11) is 0. The highest BCUT2D eigenvalue weighted by Gasteiger charge is 2.34. The average Bonchev–Trinajstić information content (AvgIpc) is 3.19. The first-order valence-corrected chi connectivity index (χ1v) is 8.87. The predicted molar refractivity (Wildman–Crippen MR) is 96.0 cm³/mol. The van der Waals surface area contributed by atoms with E-state index >= 15 is 0 Å². The van der Waals surface area contributed by atoms with Gasteiger partial charge >= 0.3 is 0 Å². The van der Waals surface area contributed by atoms with Gasteiger partial charge in [0.1, 0.15) is 11.2 Å². The molecule has 110 valence electrons. The van der Waals surface area contributed by atoms with E-state index in [9.17, 15) is 0 Å². The Bertz CT molecular complexity index is 861. The summed E-state index contributed by atoms with van der Waals surface area (Å²) in [6.07, 6.45) is 3.17.